The standard InChI is InChI=1S/C12H24O/c1-5-6-11-7-9(2)10(3)12(8-11)13-4/h9-12H,5-8H2,1-4H3. The molecule has 0 aromatic carbocycles. The van der Waals surface area contributed by atoms with Gasteiger partial charge in [-0.2, -0.15) is 0 Å². The molecule has 1 fully saturated rings. The lowest BCUT2D eigenvalue weighted by Crippen LogP contribution is -2.34. The maximum Gasteiger partial charge on any atom is 0.0602 e. The van der Waals surface area contributed by atoms with Crippen LogP contribution in [0.2, 0.25) is 0 Å². The van der Waals surface area contributed by atoms with Gasteiger partial charge in [0.1, 0.15) is 0 Å². The smallest absolute Gasteiger partial charge is 0.0602 e. The number of hydrogen-bond acceptors (Lipinski definition) is 1. The van der Waals surface area contributed by atoms with E-state index in [4.69, 9.17) is 4.74 Å². The van der Waals surface area contributed by atoms with Crippen molar-refractivity contribution in [2.45, 2.75) is 52.6 Å². The summed E-state index contributed by atoms with van der Waals surface area (Å²) in [6, 6.07) is 0. The predicted octanol–water partition coefficient (Wildman–Crippen LogP) is 3.48. The first-order valence-electron chi connectivity index (χ1n) is 5.71. The topological polar surface area (TPSA) is 9.23 Å². The monoisotopic (exact) mass is 184 g/mol. The van der Waals surface area contributed by atoms with Gasteiger partial charge in [0.2, 0.25) is 0 Å². The maximum atomic E-state index is 5.55. The molecule has 0 aromatic rings. The lowest BCUT2D eigenvalue weighted by atomic mass is 9.72. The summed E-state index contributed by atoms with van der Waals surface area (Å²) in [5.41, 5.74) is 0. The highest BCUT2D eigenvalue weighted by Gasteiger charge is 2.32. The van der Waals surface area contributed by atoms with Gasteiger partial charge in [0.05, 0.1) is 6.10 Å². The van der Waals surface area contributed by atoms with Crippen molar-refractivity contribution >= 4 is 0 Å². The van der Waals surface area contributed by atoms with Gasteiger partial charge >= 0.3 is 0 Å². The zero-order chi connectivity index (χ0) is 9.84. The molecule has 4 unspecified atom stereocenters. The average molecular weight is 184 g/mol. The Morgan fingerprint density at radius 2 is 1.92 bits per heavy atom. The highest BCUT2D eigenvalue weighted by atomic mass is 16.5. The summed E-state index contributed by atoms with van der Waals surface area (Å²) in [4.78, 5) is 0. The Bertz CT molecular complexity index is 144. The van der Waals surface area contributed by atoms with Crippen LogP contribution >= 0.6 is 0 Å². The lowest BCUT2D eigenvalue weighted by molar-refractivity contribution is -0.0147. The molecule has 0 spiro atoms. The fourth-order valence-electron chi connectivity index (χ4n) is 2.70. The molecule has 0 saturated heterocycles. The van der Waals surface area contributed by atoms with Crippen molar-refractivity contribution in [1.82, 2.24) is 0 Å². The fourth-order valence-corrected chi connectivity index (χ4v) is 2.70. The minimum absolute atomic E-state index is 0.514. The third-order valence-corrected chi connectivity index (χ3v) is 3.75. The molecule has 1 nitrogen and oxygen atoms in total. The Labute approximate surface area is 82.9 Å². The highest BCUT2D eigenvalue weighted by Crippen LogP contribution is 2.36. The van der Waals surface area contributed by atoms with Gasteiger partial charge in [0, 0.05) is 7.11 Å². The largest absolute Gasteiger partial charge is 0.381 e. The van der Waals surface area contributed by atoms with E-state index < -0.39 is 0 Å². The zero-order valence-corrected chi connectivity index (χ0v) is 9.55. The first-order valence-corrected chi connectivity index (χ1v) is 5.71. The molecule has 0 N–H and O–H groups in total. The van der Waals surface area contributed by atoms with Crippen molar-refractivity contribution in [3.8, 4) is 0 Å². The Kier molecular flexibility index (Phi) is 4.24. The highest BCUT2D eigenvalue weighted by molar-refractivity contribution is 4.82. The first-order chi connectivity index (χ1) is 6.19. The van der Waals surface area contributed by atoms with Gasteiger partial charge in [-0.05, 0) is 30.6 Å². The van der Waals surface area contributed by atoms with Crippen molar-refractivity contribution < 1.29 is 4.74 Å². The number of rotatable bonds is 3. The summed E-state index contributed by atoms with van der Waals surface area (Å²) in [6.45, 7) is 6.99. The molecule has 1 aliphatic rings. The van der Waals surface area contributed by atoms with Gasteiger partial charge in [0.25, 0.3) is 0 Å². The molecule has 1 saturated carbocycles. The van der Waals surface area contributed by atoms with Crippen molar-refractivity contribution in [2.75, 3.05) is 7.11 Å². The summed E-state index contributed by atoms with van der Waals surface area (Å²) in [5, 5.41) is 0. The molecule has 78 valence electrons. The van der Waals surface area contributed by atoms with Crippen molar-refractivity contribution in [3.05, 3.63) is 0 Å². The molecule has 1 heteroatoms. The molecule has 0 radical (unpaired) electrons. The lowest BCUT2D eigenvalue weighted by Gasteiger charge is -2.38. The molecule has 0 aromatic heterocycles. The Morgan fingerprint density at radius 1 is 1.23 bits per heavy atom. The van der Waals surface area contributed by atoms with Gasteiger partial charge in [-0.25, -0.2) is 0 Å². The quantitative estimate of drug-likeness (QED) is 0.652. The second-order valence-corrected chi connectivity index (χ2v) is 4.74. The third-order valence-electron chi connectivity index (χ3n) is 3.75. The number of methoxy groups -OCH3 is 1. The summed E-state index contributed by atoms with van der Waals surface area (Å²) in [6.07, 6.45) is 5.92. The maximum absolute atomic E-state index is 5.55. The molecular weight excluding hydrogens is 160 g/mol. The molecular formula is C12H24O. The minimum atomic E-state index is 0.514. The SMILES string of the molecule is CCCC1CC(C)C(C)C(OC)C1. The van der Waals surface area contributed by atoms with Crippen LogP contribution in [0.25, 0.3) is 0 Å². The molecule has 0 heterocycles. The van der Waals surface area contributed by atoms with Crippen molar-refractivity contribution in [2.24, 2.45) is 17.8 Å². The van der Waals surface area contributed by atoms with Crippen LogP contribution < -0.4 is 0 Å². The van der Waals surface area contributed by atoms with Gasteiger partial charge in [-0.3, -0.25) is 0 Å². The molecule has 0 aliphatic heterocycles. The fraction of sp³-hybridized carbons (Fsp3) is 1.00. The van der Waals surface area contributed by atoms with Crippen molar-refractivity contribution in [3.63, 3.8) is 0 Å². The van der Waals surface area contributed by atoms with E-state index in [-0.39, 0.29) is 0 Å². The Balaban J connectivity index is 2.47. The molecule has 4 atom stereocenters. The van der Waals surface area contributed by atoms with Crippen LogP contribution in [0, 0.1) is 17.8 Å². The van der Waals surface area contributed by atoms with Crippen LogP contribution in [0.4, 0.5) is 0 Å². The van der Waals surface area contributed by atoms with E-state index in [2.05, 4.69) is 20.8 Å². The summed E-state index contributed by atoms with van der Waals surface area (Å²) >= 11 is 0. The molecule has 1 rings (SSSR count). The van der Waals surface area contributed by atoms with Crippen LogP contribution in [0.3, 0.4) is 0 Å². The van der Waals surface area contributed by atoms with Gasteiger partial charge in [-0.1, -0.05) is 33.6 Å². The van der Waals surface area contributed by atoms with E-state index in [1.54, 1.807) is 0 Å². The van der Waals surface area contributed by atoms with Gasteiger partial charge in [-0.15, -0.1) is 0 Å². The average Bonchev–Trinajstić information content (AvgIpc) is 2.11. The zero-order valence-electron chi connectivity index (χ0n) is 9.55. The van der Waals surface area contributed by atoms with Gasteiger partial charge in [0.15, 0.2) is 0 Å². The van der Waals surface area contributed by atoms with Crippen LogP contribution in [0.1, 0.15) is 46.5 Å². The Hall–Kier alpha value is -0.0400. The number of ether oxygens (including phenoxy) is 1. The van der Waals surface area contributed by atoms with E-state index >= 15 is 0 Å². The Morgan fingerprint density at radius 3 is 2.46 bits per heavy atom. The van der Waals surface area contributed by atoms with Crippen LogP contribution in [0.5, 0.6) is 0 Å². The van der Waals surface area contributed by atoms with E-state index in [0.29, 0.717) is 6.10 Å². The molecule has 0 amide bonds. The second-order valence-electron chi connectivity index (χ2n) is 4.74. The van der Waals surface area contributed by atoms with Crippen molar-refractivity contribution in [1.29, 1.82) is 0 Å². The van der Waals surface area contributed by atoms with Crippen LogP contribution in [-0.4, -0.2) is 13.2 Å². The summed E-state index contributed by atoms with van der Waals surface area (Å²) in [5.74, 6) is 2.51. The molecule has 0 bridgehead atoms. The third kappa shape index (κ3) is 2.70. The van der Waals surface area contributed by atoms with E-state index in [0.717, 1.165) is 17.8 Å². The summed E-state index contributed by atoms with van der Waals surface area (Å²) < 4.78 is 5.55. The first kappa shape index (κ1) is 11.0. The van der Waals surface area contributed by atoms with E-state index in [1.165, 1.54) is 25.7 Å². The van der Waals surface area contributed by atoms with E-state index in [9.17, 15) is 0 Å². The summed E-state index contributed by atoms with van der Waals surface area (Å²) in [7, 11) is 1.86. The minimum Gasteiger partial charge on any atom is -0.381 e. The van der Waals surface area contributed by atoms with Crippen LogP contribution in [0.15, 0.2) is 0 Å². The predicted molar refractivity (Wildman–Crippen MR) is 56.8 cm³/mol. The number of hydrogen-bond donors (Lipinski definition) is 0. The second kappa shape index (κ2) is 4.99. The normalized spacial score (nSPS) is 40.6. The van der Waals surface area contributed by atoms with E-state index in [1.807, 2.05) is 7.11 Å². The molecule has 13 heavy (non-hydrogen) atoms. The molecule has 1 aliphatic carbocycles. The van der Waals surface area contributed by atoms with Gasteiger partial charge < -0.3 is 4.74 Å². The van der Waals surface area contributed by atoms with Crippen LogP contribution in [-0.2, 0) is 4.74 Å².